The molecule has 0 heterocycles. The van der Waals surface area contributed by atoms with Crippen molar-refractivity contribution in [1.29, 1.82) is 0 Å². The molecule has 6 nitrogen and oxygen atoms in total. The molecule has 1 amide bonds. The Hall–Kier alpha value is -4.01. The number of hydrogen-bond donors (Lipinski definition) is 2. The Morgan fingerprint density at radius 2 is 1.58 bits per heavy atom. The van der Waals surface area contributed by atoms with Crippen molar-refractivity contribution in [3.8, 4) is 17.2 Å². The topological polar surface area (TPSA) is 84.9 Å². The molecule has 0 aliphatic rings. The van der Waals surface area contributed by atoms with E-state index in [4.69, 9.17) is 9.47 Å². The fourth-order valence-corrected chi connectivity index (χ4v) is 3.28. The monoisotopic (exact) mass is 501 g/mol. The lowest BCUT2D eigenvalue weighted by molar-refractivity contribution is -0.152. The predicted molar refractivity (Wildman–Crippen MR) is 127 cm³/mol. The molecule has 0 saturated carbocycles. The number of amides is 1. The molecule has 0 bridgehead atoms. The van der Waals surface area contributed by atoms with Gasteiger partial charge in [0.2, 0.25) is 0 Å². The summed E-state index contributed by atoms with van der Waals surface area (Å²) in [6, 6.07) is 15.6. The molecule has 0 spiro atoms. The lowest BCUT2D eigenvalue weighted by Crippen LogP contribution is -2.38. The van der Waals surface area contributed by atoms with Gasteiger partial charge in [-0.2, -0.15) is 13.2 Å². The highest BCUT2D eigenvalue weighted by Gasteiger charge is 2.31. The Morgan fingerprint density at radius 3 is 2.17 bits per heavy atom. The van der Waals surface area contributed by atoms with Gasteiger partial charge in [-0.1, -0.05) is 12.1 Å². The summed E-state index contributed by atoms with van der Waals surface area (Å²) < 4.78 is 49.7. The third kappa shape index (κ3) is 6.56. The summed E-state index contributed by atoms with van der Waals surface area (Å²) in [5.41, 5.74) is -0.672. The Bertz CT molecular complexity index is 1250. The molecule has 1 atom stereocenters. The van der Waals surface area contributed by atoms with Crippen LogP contribution in [0.25, 0.3) is 0 Å². The molecule has 0 aliphatic heterocycles. The van der Waals surface area contributed by atoms with Gasteiger partial charge in [0.05, 0.1) is 11.6 Å². The molecule has 2 N–H and O–H groups in total. The number of nitrogens with one attached hydrogen (secondary N) is 1. The van der Waals surface area contributed by atoms with E-state index in [-0.39, 0.29) is 5.56 Å². The normalized spacial score (nSPS) is 12.5. The van der Waals surface area contributed by atoms with Crippen molar-refractivity contribution in [2.24, 2.45) is 0 Å². The maximum atomic E-state index is 12.7. The minimum absolute atomic E-state index is 0.117. The van der Waals surface area contributed by atoms with E-state index >= 15 is 0 Å². The van der Waals surface area contributed by atoms with Gasteiger partial charge >= 0.3 is 12.1 Å². The van der Waals surface area contributed by atoms with Crippen molar-refractivity contribution in [3.63, 3.8) is 0 Å². The number of hydrogen-bond acceptors (Lipinski definition) is 4. The van der Waals surface area contributed by atoms with Gasteiger partial charge in [-0.25, -0.2) is 4.79 Å². The summed E-state index contributed by atoms with van der Waals surface area (Å²) in [6.07, 6.45) is -4.47. The number of alkyl halides is 3. The van der Waals surface area contributed by atoms with E-state index in [0.717, 1.165) is 29.8 Å². The summed E-state index contributed by atoms with van der Waals surface area (Å²) in [5, 5.41) is 12.0. The van der Waals surface area contributed by atoms with Gasteiger partial charge in [-0.3, -0.25) is 4.79 Å². The Balaban J connectivity index is 1.68. The second-order valence-electron chi connectivity index (χ2n) is 8.79. The Labute approximate surface area is 206 Å². The van der Waals surface area contributed by atoms with Gasteiger partial charge < -0.3 is 19.9 Å². The van der Waals surface area contributed by atoms with E-state index in [2.05, 4.69) is 5.32 Å². The number of halogens is 3. The molecule has 0 radical (unpaired) electrons. The summed E-state index contributed by atoms with van der Waals surface area (Å²) in [6.45, 7) is 6.45. The van der Waals surface area contributed by atoms with E-state index in [1.807, 2.05) is 0 Å². The zero-order valence-electron chi connectivity index (χ0n) is 20.1. The third-order valence-corrected chi connectivity index (χ3v) is 5.44. The van der Waals surface area contributed by atoms with Crippen molar-refractivity contribution >= 4 is 11.9 Å². The van der Waals surface area contributed by atoms with Crippen LogP contribution in [-0.2, 0) is 11.0 Å². The van der Waals surface area contributed by atoms with Gasteiger partial charge in [0.15, 0.2) is 5.60 Å². The second kappa shape index (κ2) is 10.3. The van der Waals surface area contributed by atoms with Gasteiger partial charge in [-0.05, 0) is 93.4 Å². The van der Waals surface area contributed by atoms with E-state index in [1.54, 1.807) is 56.3 Å². The van der Waals surface area contributed by atoms with Crippen LogP contribution in [-0.4, -0.2) is 22.6 Å². The highest BCUT2D eigenvalue weighted by molar-refractivity contribution is 5.94. The van der Waals surface area contributed by atoms with Crippen LogP contribution in [0.3, 0.4) is 0 Å². The number of ether oxygens (including phenoxy) is 2. The Kier molecular flexibility index (Phi) is 7.62. The second-order valence-corrected chi connectivity index (χ2v) is 8.79. The first-order valence-electron chi connectivity index (χ1n) is 11.1. The summed E-state index contributed by atoms with van der Waals surface area (Å²) in [4.78, 5) is 23.8. The lowest BCUT2D eigenvalue weighted by Gasteiger charge is -2.23. The van der Waals surface area contributed by atoms with Crippen LogP contribution in [0.1, 0.15) is 53.9 Å². The van der Waals surface area contributed by atoms with Crippen LogP contribution < -0.4 is 14.8 Å². The first kappa shape index (κ1) is 26.6. The van der Waals surface area contributed by atoms with E-state index in [9.17, 15) is 27.9 Å². The highest BCUT2D eigenvalue weighted by Crippen LogP contribution is 2.31. The number of aliphatic carboxylic acids is 1. The molecule has 3 aromatic rings. The molecule has 9 heteroatoms. The van der Waals surface area contributed by atoms with Crippen molar-refractivity contribution in [1.82, 2.24) is 5.32 Å². The van der Waals surface area contributed by atoms with Crippen LogP contribution in [0.2, 0.25) is 0 Å². The summed E-state index contributed by atoms with van der Waals surface area (Å²) >= 11 is 0. The van der Waals surface area contributed by atoms with Crippen molar-refractivity contribution in [3.05, 3.63) is 89.0 Å². The van der Waals surface area contributed by atoms with Crippen LogP contribution >= 0.6 is 0 Å². The number of carboxylic acids is 1. The maximum Gasteiger partial charge on any atom is 0.416 e. The molecule has 3 aromatic carbocycles. The van der Waals surface area contributed by atoms with Gasteiger partial charge in [0, 0.05) is 5.56 Å². The highest BCUT2D eigenvalue weighted by atomic mass is 19.4. The Morgan fingerprint density at radius 1 is 0.944 bits per heavy atom. The molecule has 0 aliphatic carbocycles. The molecule has 0 fully saturated rings. The lowest BCUT2D eigenvalue weighted by atomic mass is 10.1. The number of carbonyl (C=O) groups excluding carboxylic acids is 1. The average Bonchev–Trinajstić information content (AvgIpc) is 2.80. The molecular weight excluding hydrogens is 475 g/mol. The number of rotatable bonds is 8. The molecule has 0 aromatic heterocycles. The maximum absolute atomic E-state index is 12.7. The zero-order chi connectivity index (χ0) is 26.7. The first-order chi connectivity index (χ1) is 16.8. The predicted octanol–water partition coefficient (Wildman–Crippen LogP) is 6.54. The molecule has 0 saturated heterocycles. The molecule has 3 rings (SSSR count). The fraction of sp³-hybridized carbons (Fsp3) is 0.259. The molecular formula is C27H26F3NO5. The molecule has 1 unspecified atom stereocenters. The minimum atomic E-state index is -4.47. The SMILES string of the molecule is Cc1cc(Oc2cccc(C(C)NC(=O)c3ccc(C(F)(F)F)cc3)c2)ccc1OC(C)(C)C(=O)O. The number of aryl methyl sites for hydroxylation is 1. The van der Waals surface area contributed by atoms with Crippen molar-refractivity contribution in [2.75, 3.05) is 0 Å². The number of carboxylic acid groups (broad SMARTS) is 1. The zero-order valence-corrected chi connectivity index (χ0v) is 20.1. The number of carbonyl (C=O) groups is 2. The summed E-state index contributed by atoms with van der Waals surface area (Å²) in [5.74, 6) is -0.159. The molecule has 190 valence electrons. The number of benzene rings is 3. The van der Waals surface area contributed by atoms with E-state index in [1.165, 1.54) is 13.8 Å². The quantitative estimate of drug-likeness (QED) is 0.366. The summed E-state index contributed by atoms with van der Waals surface area (Å²) in [7, 11) is 0. The van der Waals surface area contributed by atoms with Crippen molar-refractivity contribution < 1.29 is 37.3 Å². The molecule has 36 heavy (non-hydrogen) atoms. The standard InChI is InChI=1S/C27H26F3NO5/c1-16-14-22(12-13-23(16)36-26(3,4)25(33)34)35-21-7-5-6-19(15-21)17(2)31-24(32)18-8-10-20(11-9-18)27(28,29)30/h5-15,17H,1-4H3,(H,31,32)(H,33,34). The van der Waals surface area contributed by atoms with E-state index < -0.39 is 35.3 Å². The smallest absolute Gasteiger partial charge is 0.416 e. The van der Waals surface area contributed by atoms with Gasteiger partial charge in [0.1, 0.15) is 17.2 Å². The van der Waals surface area contributed by atoms with Crippen LogP contribution in [0.5, 0.6) is 17.2 Å². The largest absolute Gasteiger partial charge is 0.478 e. The third-order valence-electron chi connectivity index (χ3n) is 5.44. The average molecular weight is 502 g/mol. The van der Waals surface area contributed by atoms with Gasteiger partial charge in [0.25, 0.3) is 5.91 Å². The van der Waals surface area contributed by atoms with Gasteiger partial charge in [-0.15, -0.1) is 0 Å². The first-order valence-corrected chi connectivity index (χ1v) is 11.1. The van der Waals surface area contributed by atoms with Crippen LogP contribution in [0.15, 0.2) is 66.7 Å². The minimum Gasteiger partial charge on any atom is -0.478 e. The fourth-order valence-electron chi connectivity index (χ4n) is 3.28. The van der Waals surface area contributed by atoms with Crippen molar-refractivity contribution in [2.45, 2.75) is 45.5 Å². The van der Waals surface area contributed by atoms with E-state index in [0.29, 0.717) is 22.8 Å². The van der Waals surface area contributed by atoms with Crippen LogP contribution in [0.4, 0.5) is 13.2 Å². The van der Waals surface area contributed by atoms with Crippen LogP contribution in [0, 0.1) is 6.92 Å².